The topological polar surface area (TPSA) is 37.1 Å². The predicted octanol–water partition coefficient (Wildman–Crippen LogP) is 9.78. The largest absolute Gasteiger partial charge is 0.327 e. The number of nitrogens with zero attached hydrogens (tertiary/aromatic N) is 1. The number of hydrogen-bond acceptors (Lipinski definition) is 2. The number of fused-ring (bicyclic) bond motifs is 4. The van der Waals surface area contributed by atoms with Crippen LogP contribution in [0.4, 0.5) is 0 Å². The maximum Gasteiger partial charge on any atom is 0.215 e. The summed E-state index contributed by atoms with van der Waals surface area (Å²) < 4.78 is 2.20. The molecule has 1 aliphatic rings. The van der Waals surface area contributed by atoms with E-state index in [0.29, 0.717) is 17.8 Å². The van der Waals surface area contributed by atoms with Gasteiger partial charge >= 0.3 is 0 Å². The molecule has 0 aliphatic carbocycles. The Morgan fingerprint density at radius 2 is 1.17 bits per heavy atom. The van der Waals surface area contributed by atoms with Crippen molar-refractivity contribution in [1.82, 2.24) is 0 Å². The van der Waals surface area contributed by atoms with Gasteiger partial charge in [0.1, 0.15) is 18.6 Å². The van der Waals surface area contributed by atoms with Crippen LogP contribution in [0.2, 0.25) is 0 Å². The summed E-state index contributed by atoms with van der Waals surface area (Å²) in [6.07, 6.45) is 12.8. The number of hydrogen-bond donors (Lipinski definition) is 0. The van der Waals surface area contributed by atoms with Crippen molar-refractivity contribution in [3.8, 4) is 48.4 Å². The summed E-state index contributed by atoms with van der Waals surface area (Å²) in [5.74, 6) is 18.4. The highest BCUT2D eigenvalue weighted by Crippen LogP contribution is 2.41. The molecule has 0 N–H and O–H groups in total. The average Bonchev–Trinajstić information content (AvgIpc) is 3.57. The summed E-state index contributed by atoms with van der Waals surface area (Å²) in [5.41, 5.74) is 12.2. The highest BCUT2D eigenvalue weighted by atomic mass is 16.1. The molecular weight excluding hydrogens is 707 g/mol. The van der Waals surface area contributed by atoms with E-state index in [1.165, 1.54) is 5.56 Å². The molecule has 1 aliphatic heterocycles. The number of aryl methyl sites for hydroxylation is 1. The summed E-state index contributed by atoms with van der Waals surface area (Å²) in [5, 5.41) is 3.72. The van der Waals surface area contributed by atoms with Crippen LogP contribution in [-0.2, 0) is 16.0 Å². The number of allylic oxidation sites excluding steroid dienone is 2. The maximum atomic E-state index is 14.4. The molecule has 1 heterocycles. The van der Waals surface area contributed by atoms with E-state index in [2.05, 4.69) is 114 Å². The van der Waals surface area contributed by atoms with E-state index in [1.54, 1.807) is 6.92 Å². The highest BCUT2D eigenvalue weighted by Gasteiger charge is 2.32. The fraction of sp³-hybridized carbons (Fsp3) is 0.0909. The van der Waals surface area contributed by atoms with Gasteiger partial charge in [0.25, 0.3) is 0 Å². The number of benzene rings is 6. The summed E-state index contributed by atoms with van der Waals surface area (Å²) in [6, 6.07) is 44.3. The Bertz CT molecular complexity index is 2940. The van der Waals surface area contributed by atoms with Crippen LogP contribution in [0.15, 0.2) is 139 Å². The fourth-order valence-electron chi connectivity index (χ4n) is 7.83. The van der Waals surface area contributed by atoms with E-state index in [-0.39, 0.29) is 12.2 Å². The predicted molar refractivity (Wildman–Crippen MR) is 236 cm³/mol. The molecule has 0 saturated heterocycles. The third-order valence-electron chi connectivity index (χ3n) is 10.6. The number of Topliss-reactive ketones (excluding diaryl/α,β-unsaturated/α-hetero) is 1. The van der Waals surface area contributed by atoms with Crippen molar-refractivity contribution in [2.75, 3.05) is 6.54 Å². The summed E-state index contributed by atoms with van der Waals surface area (Å²) in [4.78, 5) is 27.2. The van der Waals surface area contributed by atoms with Gasteiger partial charge in [-0.05, 0) is 86.1 Å². The molecule has 7 aromatic carbocycles. The van der Waals surface area contributed by atoms with E-state index in [4.69, 9.17) is 12.8 Å². The van der Waals surface area contributed by atoms with Crippen molar-refractivity contribution < 1.29 is 14.2 Å². The molecule has 58 heavy (non-hydrogen) atoms. The number of carbonyl (C=O) groups excluding carboxylic acids is 2. The van der Waals surface area contributed by atoms with Crippen molar-refractivity contribution in [2.45, 2.75) is 26.7 Å². The van der Waals surface area contributed by atoms with Gasteiger partial charge in [-0.2, -0.15) is 0 Å². The molecule has 0 fully saturated rings. The maximum absolute atomic E-state index is 14.4. The zero-order chi connectivity index (χ0) is 40.2. The lowest BCUT2D eigenvalue weighted by atomic mass is 9.90. The molecule has 0 atom stereocenters. The van der Waals surface area contributed by atoms with Gasteiger partial charge in [0, 0.05) is 56.5 Å². The fourth-order valence-corrected chi connectivity index (χ4v) is 7.83. The van der Waals surface area contributed by atoms with Gasteiger partial charge in [-0.1, -0.05) is 135 Å². The van der Waals surface area contributed by atoms with Gasteiger partial charge in [0.05, 0.1) is 6.42 Å². The molecule has 0 radical (unpaired) electrons. The van der Waals surface area contributed by atoms with Crippen molar-refractivity contribution in [1.29, 1.82) is 0 Å². The van der Waals surface area contributed by atoms with Crippen LogP contribution in [0.1, 0.15) is 74.5 Å². The standard InChI is InChI=1S/C55H37NO2/c1-5-39-13-17-41(18-14-39)21-23-43-25-29-48-49-30-26-44(24-22-42-19-15-40(6-2)16-20-42)36-51(49)54(50(48)35-43)53(38(4)58)52(32-34-57)56-33-31-45-9-7-8-10-47(45)55(56)46-27-11-37(3)12-28-46/h1-2,7-20,25-30,34-36H,31-33H2,3-4H3. The van der Waals surface area contributed by atoms with Crippen molar-refractivity contribution in [2.24, 2.45) is 0 Å². The normalized spacial score (nSPS) is 12.3. The first-order chi connectivity index (χ1) is 28.3. The van der Waals surface area contributed by atoms with Crippen LogP contribution in [0.5, 0.6) is 0 Å². The first-order valence-electron chi connectivity index (χ1n) is 19.2. The van der Waals surface area contributed by atoms with Crippen LogP contribution in [0.3, 0.4) is 0 Å². The van der Waals surface area contributed by atoms with Gasteiger partial charge in [-0.25, -0.2) is 4.58 Å². The Kier molecular flexibility index (Phi) is 10.3. The lowest BCUT2D eigenvalue weighted by Gasteiger charge is -2.23. The zero-order valence-corrected chi connectivity index (χ0v) is 32.3. The Balaban J connectivity index is 1.42. The molecule has 3 nitrogen and oxygen atoms in total. The van der Waals surface area contributed by atoms with Gasteiger partial charge in [-0.15, -0.1) is 12.8 Å². The lowest BCUT2D eigenvalue weighted by Crippen LogP contribution is -2.32. The average molecular weight is 744 g/mol. The Labute approximate surface area is 339 Å². The minimum Gasteiger partial charge on any atom is -0.327 e. The third kappa shape index (κ3) is 7.30. The number of terminal acetylenes is 2. The molecule has 0 aromatic heterocycles. The number of carbonyl (C=O) groups is 2. The van der Waals surface area contributed by atoms with E-state index < -0.39 is 0 Å². The van der Waals surface area contributed by atoms with E-state index in [9.17, 15) is 9.59 Å². The molecule has 0 unspecified atom stereocenters. The van der Waals surface area contributed by atoms with Crippen molar-refractivity contribution in [3.63, 3.8) is 0 Å². The van der Waals surface area contributed by atoms with Gasteiger partial charge in [0.2, 0.25) is 5.71 Å². The molecule has 0 spiro atoms. The van der Waals surface area contributed by atoms with E-state index >= 15 is 0 Å². The summed E-state index contributed by atoms with van der Waals surface area (Å²) in [7, 11) is 0. The Hall–Kier alpha value is -7.82. The first-order valence-corrected chi connectivity index (χ1v) is 19.2. The zero-order valence-electron chi connectivity index (χ0n) is 32.3. The second-order valence-corrected chi connectivity index (χ2v) is 14.4. The molecular formula is C55H37NO2. The lowest BCUT2D eigenvalue weighted by molar-refractivity contribution is -0.477. The third-order valence-corrected chi connectivity index (χ3v) is 10.6. The highest BCUT2D eigenvalue weighted by molar-refractivity contribution is 6.31. The molecule has 0 amide bonds. The monoisotopic (exact) mass is 743 g/mol. The van der Waals surface area contributed by atoms with Gasteiger partial charge in [-0.3, -0.25) is 0 Å². The second kappa shape index (κ2) is 16.1. The molecule has 0 saturated carbocycles. The van der Waals surface area contributed by atoms with Gasteiger partial charge in [0.15, 0.2) is 5.70 Å². The molecule has 0 bridgehead atoms. The van der Waals surface area contributed by atoms with Crippen LogP contribution >= 0.6 is 0 Å². The number of aldehydes is 1. The second-order valence-electron chi connectivity index (χ2n) is 14.4. The molecule has 8 rings (SSSR count). The van der Waals surface area contributed by atoms with Crippen LogP contribution in [-0.4, -0.2) is 28.9 Å². The van der Waals surface area contributed by atoms with E-state index in [0.717, 1.165) is 95.6 Å². The summed E-state index contributed by atoms with van der Waals surface area (Å²) >= 11 is 0. The molecule has 274 valence electrons. The quantitative estimate of drug-likeness (QED) is 0.0560. The van der Waals surface area contributed by atoms with Crippen molar-refractivity contribution >= 4 is 44.9 Å². The smallest absolute Gasteiger partial charge is 0.215 e. The van der Waals surface area contributed by atoms with Crippen LogP contribution in [0, 0.1) is 55.3 Å². The Morgan fingerprint density at radius 3 is 1.69 bits per heavy atom. The van der Waals surface area contributed by atoms with Crippen LogP contribution < -0.4 is 0 Å². The van der Waals surface area contributed by atoms with Gasteiger partial charge < -0.3 is 9.59 Å². The minimum absolute atomic E-state index is 0.0426. The number of rotatable bonds is 6. The van der Waals surface area contributed by atoms with Crippen LogP contribution in [0.25, 0.3) is 27.1 Å². The van der Waals surface area contributed by atoms with E-state index in [1.807, 2.05) is 66.7 Å². The molecule has 3 heteroatoms. The SMILES string of the molecule is C#Cc1ccc(C#Cc2ccc3c4ccc(C#Cc5ccc(C#C)cc5)cc4[c-](C(C(C)=O)=C(CC=O)[N+]4=C(c5ccc(C)cc5)c5ccccc5CC4)c3c2)cc1. The first kappa shape index (κ1) is 37.1. The molecule has 7 aromatic rings. The minimum atomic E-state index is -0.136. The number of ketones is 1. The van der Waals surface area contributed by atoms with Crippen molar-refractivity contribution in [3.05, 3.63) is 200 Å². The Morgan fingerprint density at radius 1 is 0.672 bits per heavy atom. The summed E-state index contributed by atoms with van der Waals surface area (Å²) in [6.45, 7) is 4.27.